The Morgan fingerprint density at radius 3 is 2.58 bits per heavy atom. The molecule has 0 spiro atoms. The smallest absolute Gasteiger partial charge is 0.320 e. The van der Waals surface area contributed by atoms with Gasteiger partial charge in [0.15, 0.2) is 0 Å². The van der Waals surface area contributed by atoms with Gasteiger partial charge < -0.3 is 20.6 Å². The van der Waals surface area contributed by atoms with Gasteiger partial charge in [0.2, 0.25) is 5.91 Å². The van der Waals surface area contributed by atoms with Crippen molar-refractivity contribution in [2.75, 3.05) is 26.2 Å². The number of likely N-dealkylation sites (tertiary alicyclic amines) is 1. The third-order valence-corrected chi connectivity index (χ3v) is 3.21. The Balaban J connectivity index is 2.60. The van der Waals surface area contributed by atoms with Gasteiger partial charge in [0, 0.05) is 19.6 Å². The van der Waals surface area contributed by atoms with Crippen LogP contribution >= 0.6 is 0 Å². The number of carbonyl (C=O) groups is 3. The van der Waals surface area contributed by atoms with Crippen molar-refractivity contribution in [1.82, 2.24) is 9.80 Å². The number of aliphatic carboxylic acids is 1. The van der Waals surface area contributed by atoms with E-state index in [4.69, 9.17) is 10.8 Å². The van der Waals surface area contributed by atoms with Crippen molar-refractivity contribution >= 4 is 17.9 Å². The van der Waals surface area contributed by atoms with Crippen molar-refractivity contribution in [3.05, 3.63) is 0 Å². The van der Waals surface area contributed by atoms with E-state index < -0.39 is 17.8 Å². The number of urea groups is 1. The molecular weight excluding hydrogens is 250 g/mol. The van der Waals surface area contributed by atoms with Crippen molar-refractivity contribution in [3.63, 3.8) is 0 Å². The zero-order valence-electron chi connectivity index (χ0n) is 11.2. The highest BCUT2D eigenvalue weighted by Crippen LogP contribution is 2.18. The van der Waals surface area contributed by atoms with E-state index in [-0.39, 0.29) is 19.1 Å². The van der Waals surface area contributed by atoms with Gasteiger partial charge in [0.1, 0.15) is 6.54 Å². The summed E-state index contributed by atoms with van der Waals surface area (Å²) in [6.45, 7) is 2.95. The molecule has 1 fully saturated rings. The Kier molecular flexibility index (Phi) is 5.59. The fourth-order valence-corrected chi connectivity index (χ4v) is 2.11. The molecule has 0 aliphatic carbocycles. The van der Waals surface area contributed by atoms with Gasteiger partial charge in [-0.05, 0) is 12.8 Å². The fourth-order valence-electron chi connectivity index (χ4n) is 2.11. The molecule has 0 aromatic heterocycles. The molecule has 19 heavy (non-hydrogen) atoms. The zero-order valence-corrected chi connectivity index (χ0v) is 11.2. The molecule has 1 aliphatic rings. The third-order valence-electron chi connectivity index (χ3n) is 3.21. The Bertz CT molecular complexity index is 359. The lowest BCUT2D eigenvalue weighted by Crippen LogP contribution is -2.46. The average Bonchev–Trinajstić information content (AvgIpc) is 2.82. The van der Waals surface area contributed by atoms with Crippen LogP contribution in [0.4, 0.5) is 4.79 Å². The van der Waals surface area contributed by atoms with Crippen LogP contribution in [0.2, 0.25) is 0 Å². The minimum Gasteiger partial charge on any atom is -0.481 e. The average molecular weight is 271 g/mol. The number of primary amides is 1. The van der Waals surface area contributed by atoms with Crippen LogP contribution in [0, 0.1) is 5.92 Å². The molecule has 108 valence electrons. The molecule has 3 amide bonds. The summed E-state index contributed by atoms with van der Waals surface area (Å²) in [5.41, 5.74) is 5.13. The van der Waals surface area contributed by atoms with Gasteiger partial charge >= 0.3 is 12.0 Å². The number of carboxylic acids is 1. The number of amides is 3. The van der Waals surface area contributed by atoms with Gasteiger partial charge in [-0.25, -0.2) is 4.79 Å². The monoisotopic (exact) mass is 271 g/mol. The van der Waals surface area contributed by atoms with Gasteiger partial charge in [0.05, 0.1) is 5.92 Å². The van der Waals surface area contributed by atoms with Crippen LogP contribution in [0.3, 0.4) is 0 Å². The summed E-state index contributed by atoms with van der Waals surface area (Å²) in [4.78, 5) is 36.9. The zero-order chi connectivity index (χ0) is 14.4. The van der Waals surface area contributed by atoms with Crippen molar-refractivity contribution in [2.24, 2.45) is 11.7 Å². The largest absolute Gasteiger partial charge is 0.481 e. The summed E-state index contributed by atoms with van der Waals surface area (Å²) in [5.74, 6) is -1.95. The summed E-state index contributed by atoms with van der Waals surface area (Å²) in [7, 11) is 0. The first-order chi connectivity index (χ1) is 8.95. The molecule has 7 heteroatoms. The van der Waals surface area contributed by atoms with Crippen LogP contribution in [-0.2, 0) is 9.59 Å². The Morgan fingerprint density at radius 1 is 1.42 bits per heavy atom. The lowest BCUT2D eigenvalue weighted by Gasteiger charge is -2.27. The van der Waals surface area contributed by atoms with Crippen LogP contribution in [0.5, 0.6) is 0 Å². The molecule has 0 aromatic carbocycles. The molecule has 3 N–H and O–H groups in total. The van der Waals surface area contributed by atoms with Crippen LogP contribution in [0.25, 0.3) is 0 Å². The van der Waals surface area contributed by atoms with Crippen molar-refractivity contribution in [1.29, 1.82) is 0 Å². The van der Waals surface area contributed by atoms with E-state index >= 15 is 0 Å². The first-order valence-electron chi connectivity index (χ1n) is 6.50. The maximum atomic E-state index is 12.2. The fraction of sp³-hybridized carbons (Fsp3) is 0.750. The number of hydrogen-bond donors (Lipinski definition) is 2. The molecular formula is C12H21N3O4. The number of rotatable bonds is 6. The minimum atomic E-state index is -0.884. The predicted octanol–water partition coefficient (Wildman–Crippen LogP) is 0.100. The molecule has 1 saturated heterocycles. The van der Waals surface area contributed by atoms with E-state index in [1.807, 2.05) is 6.92 Å². The molecule has 1 heterocycles. The van der Waals surface area contributed by atoms with Gasteiger partial charge in [-0.2, -0.15) is 0 Å². The van der Waals surface area contributed by atoms with Gasteiger partial charge in [-0.1, -0.05) is 13.3 Å². The highest BCUT2D eigenvalue weighted by molar-refractivity contribution is 5.83. The van der Waals surface area contributed by atoms with E-state index in [1.165, 1.54) is 9.80 Å². The summed E-state index contributed by atoms with van der Waals surface area (Å²) in [6, 6.07) is -0.295. The van der Waals surface area contributed by atoms with E-state index in [2.05, 4.69) is 0 Å². The maximum Gasteiger partial charge on any atom is 0.320 e. The quantitative estimate of drug-likeness (QED) is 0.715. The number of carboxylic acid groups (broad SMARTS) is 1. The van der Waals surface area contributed by atoms with Crippen molar-refractivity contribution < 1.29 is 19.5 Å². The molecule has 0 aromatic rings. The summed E-state index contributed by atoms with van der Waals surface area (Å²) >= 11 is 0. The minimum absolute atomic E-state index is 0.118. The van der Waals surface area contributed by atoms with E-state index in [0.29, 0.717) is 19.5 Å². The Morgan fingerprint density at radius 2 is 2.11 bits per heavy atom. The molecule has 7 nitrogen and oxygen atoms in total. The van der Waals surface area contributed by atoms with Crippen LogP contribution in [0.15, 0.2) is 0 Å². The van der Waals surface area contributed by atoms with Crippen molar-refractivity contribution in [2.45, 2.75) is 26.2 Å². The highest BCUT2D eigenvalue weighted by atomic mass is 16.4. The Labute approximate surface area is 112 Å². The predicted molar refractivity (Wildman–Crippen MR) is 68.4 cm³/mol. The number of nitrogens with zero attached hydrogens (tertiary/aromatic N) is 2. The number of unbranched alkanes of at least 4 members (excludes halogenated alkanes) is 1. The SMILES string of the molecule is CCCCN(CC(N)=O)C(=O)N1CCC(C(=O)O)C1. The second-order valence-electron chi connectivity index (χ2n) is 4.79. The molecule has 1 unspecified atom stereocenters. The van der Waals surface area contributed by atoms with E-state index in [9.17, 15) is 14.4 Å². The first kappa shape index (κ1) is 15.3. The normalized spacial score (nSPS) is 18.4. The lowest BCUT2D eigenvalue weighted by molar-refractivity contribution is -0.141. The summed E-state index contributed by atoms with van der Waals surface area (Å²) in [5, 5.41) is 8.91. The molecule has 0 bridgehead atoms. The van der Waals surface area contributed by atoms with Gasteiger partial charge in [-0.15, -0.1) is 0 Å². The summed E-state index contributed by atoms with van der Waals surface area (Å²) in [6.07, 6.45) is 2.15. The second kappa shape index (κ2) is 6.96. The van der Waals surface area contributed by atoms with Crippen LogP contribution < -0.4 is 5.73 Å². The van der Waals surface area contributed by atoms with Gasteiger partial charge in [-0.3, -0.25) is 9.59 Å². The van der Waals surface area contributed by atoms with Gasteiger partial charge in [0.25, 0.3) is 0 Å². The number of carbonyl (C=O) groups excluding carboxylic acids is 2. The van der Waals surface area contributed by atoms with Crippen LogP contribution in [0.1, 0.15) is 26.2 Å². The molecule has 0 radical (unpaired) electrons. The second-order valence-corrected chi connectivity index (χ2v) is 4.79. The third kappa shape index (κ3) is 4.42. The maximum absolute atomic E-state index is 12.2. The number of hydrogen-bond acceptors (Lipinski definition) is 3. The highest BCUT2D eigenvalue weighted by Gasteiger charge is 2.33. The van der Waals surface area contributed by atoms with E-state index in [0.717, 1.165) is 12.8 Å². The van der Waals surface area contributed by atoms with E-state index in [1.54, 1.807) is 0 Å². The first-order valence-corrected chi connectivity index (χ1v) is 6.50. The standard InChI is InChI=1S/C12H21N3O4/c1-2-3-5-14(8-10(13)16)12(19)15-6-4-9(7-15)11(17)18/h9H,2-8H2,1H3,(H2,13,16)(H,17,18). The Hall–Kier alpha value is -1.79. The number of nitrogens with two attached hydrogens (primary N) is 1. The molecule has 0 saturated carbocycles. The topological polar surface area (TPSA) is 104 Å². The van der Waals surface area contributed by atoms with Crippen LogP contribution in [-0.4, -0.2) is 59.0 Å². The molecule has 1 aliphatic heterocycles. The van der Waals surface area contributed by atoms with Crippen molar-refractivity contribution in [3.8, 4) is 0 Å². The molecule has 1 atom stereocenters. The lowest BCUT2D eigenvalue weighted by atomic mass is 10.1. The molecule has 1 rings (SSSR count). The summed E-state index contributed by atoms with van der Waals surface area (Å²) < 4.78 is 0.